The maximum absolute atomic E-state index is 12.5. The van der Waals surface area contributed by atoms with Crippen LogP contribution in [0.15, 0.2) is 30.3 Å². The molecule has 0 aromatic heterocycles. The highest BCUT2D eigenvalue weighted by molar-refractivity contribution is 5.90. The van der Waals surface area contributed by atoms with Crippen molar-refractivity contribution in [1.82, 2.24) is 10.2 Å². The van der Waals surface area contributed by atoms with Crippen LogP contribution in [0.25, 0.3) is 5.57 Å². The zero-order chi connectivity index (χ0) is 26.5. The number of nitrogens with one attached hydrogen (secondary N) is 1. The Morgan fingerprint density at radius 1 is 1.05 bits per heavy atom. The van der Waals surface area contributed by atoms with Crippen LogP contribution >= 0.6 is 0 Å². The molecule has 1 atom stereocenters. The lowest BCUT2D eigenvalue weighted by Gasteiger charge is -2.27. The minimum absolute atomic E-state index is 0.0478. The molecule has 1 saturated heterocycles. The topological polar surface area (TPSA) is 88.2 Å². The third-order valence-corrected chi connectivity index (χ3v) is 6.93. The molecule has 3 rings (SSSR count). The first-order valence-corrected chi connectivity index (χ1v) is 13.9. The van der Waals surface area contributed by atoms with Crippen LogP contribution in [0.1, 0.15) is 77.2 Å². The van der Waals surface area contributed by atoms with Gasteiger partial charge in [0.2, 0.25) is 11.8 Å². The number of carbonyl (C=O) groups excluding carboxylic acids is 3. The van der Waals surface area contributed by atoms with Crippen molar-refractivity contribution in [2.75, 3.05) is 44.3 Å². The number of carbonyl (C=O) groups is 3. The number of amides is 3. The van der Waals surface area contributed by atoms with Gasteiger partial charge in [-0.15, -0.1) is 0 Å². The Morgan fingerprint density at radius 3 is 2.41 bits per heavy atom. The molecule has 2 aliphatic heterocycles. The molecule has 37 heavy (non-hydrogen) atoms. The van der Waals surface area contributed by atoms with E-state index in [1.165, 1.54) is 57.4 Å². The predicted octanol–water partition coefficient (Wildman–Crippen LogP) is 4.92. The summed E-state index contributed by atoms with van der Waals surface area (Å²) in [5, 5.41) is 2.69. The van der Waals surface area contributed by atoms with Crippen molar-refractivity contribution in [2.45, 2.75) is 77.7 Å². The van der Waals surface area contributed by atoms with Crippen LogP contribution in [-0.2, 0) is 19.1 Å². The number of unbranched alkanes of at least 4 members (excludes halogenated alkanes) is 7. The molecule has 0 bridgehead atoms. The van der Waals surface area contributed by atoms with E-state index in [-0.39, 0.29) is 24.5 Å². The van der Waals surface area contributed by atoms with Crippen LogP contribution in [0, 0.1) is 0 Å². The highest BCUT2D eigenvalue weighted by Crippen LogP contribution is 2.27. The van der Waals surface area contributed by atoms with E-state index < -0.39 is 6.09 Å². The molecule has 0 aliphatic carbocycles. The SMILES string of the molecule is CCCCCCCCCCOCC(=O)N1CC=C(c2ccc(N3C[C@H](CNC(C)=O)OC3=O)cc2)CC1. The van der Waals surface area contributed by atoms with E-state index >= 15 is 0 Å². The molecule has 8 heteroatoms. The third kappa shape index (κ3) is 9.50. The summed E-state index contributed by atoms with van der Waals surface area (Å²) < 4.78 is 11.0. The Bertz CT molecular complexity index is 915. The molecule has 8 nitrogen and oxygen atoms in total. The van der Waals surface area contributed by atoms with E-state index in [1.54, 1.807) is 4.90 Å². The summed E-state index contributed by atoms with van der Waals surface area (Å²) in [5.74, 6) is -0.0993. The van der Waals surface area contributed by atoms with Crippen molar-refractivity contribution < 1.29 is 23.9 Å². The second-order valence-electron chi connectivity index (χ2n) is 9.95. The number of nitrogens with zero attached hydrogens (tertiary/aromatic N) is 2. The lowest BCUT2D eigenvalue weighted by Crippen LogP contribution is -2.37. The summed E-state index contributed by atoms with van der Waals surface area (Å²) in [5.41, 5.74) is 3.05. The molecule has 3 amide bonds. The molecule has 2 heterocycles. The minimum atomic E-state index is -0.404. The fourth-order valence-corrected chi connectivity index (χ4v) is 4.70. The van der Waals surface area contributed by atoms with Crippen LogP contribution in [0.4, 0.5) is 10.5 Å². The van der Waals surface area contributed by atoms with Crippen LogP contribution in [0.3, 0.4) is 0 Å². The summed E-state index contributed by atoms with van der Waals surface area (Å²) in [4.78, 5) is 39.3. The summed E-state index contributed by atoms with van der Waals surface area (Å²) in [6, 6.07) is 7.82. The van der Waals surface area contributed by atoms with Gasteiger partial charge in [0.1, 0.15) is 12.7 Å². The molecule has 0 unspecified atom stereocenters. The second-order valence-corrected chi connectivity index (χ2v) is 9.95. The Balaban J connectivity index is 1.35. The Morgan fingerprint density at radius 2 is 1.76 bits per heavy atom. The standard InChI is InChI=1S/C29H43N3O5/c1-3-4-5-6-7-8-9-10-19-36-22-28(34)31-17-15-25(16-18-31)24-11-13-26(14-12-24)32-21-27(37-29(32)35)20-30-23(2)33/h11-15,27H,3-10,16-22H2,1-2H3,(H,30,33)/t27-/m0/s1. The Hall–Kier alpha value is -2.87. The number of rotatable bonds is 15. The molecule has 1 aromatic carbocycles. The first-order valence-electron chi connectivity index (χ1n) is 13.9. The number of anilines is 1. The molecule has 204 valence electrons. The molecule has 0 spiro atoms. The van der Waals surface area contributed by atoms with E-state index in [9.17, 15) is 14.4 Å². The van der Waals surface area contributed by atoms with Crippen LogP contribution in [-0.4, -0.2) is 68.3 Å². The molecule has 0 saturated carbocycles. The van der Waals surface area contributed by atoms with Gasteiger partial charge in [0.15, 0.2) is 0 Å². The van der Waals surface area contributed by atoms with Gasteiger partial charge in [0.05, 0.1) is 13.1 Å². The Labute approximate surface area is 221 Å². The smallest absolute Gasteiger partial charge is 0.414 e. The second kappa shape index (κ2) is 15.4. The van der Waals surface area contributed by atoms with Gasteiger partial charge < -0.3 is 19.7 Å². The average Bonchev–Trinajstić information content (AvgIpc) is 3.29. The van der Waals surface area contributed by atoms with Gasteiger partial charge in [0.25, 0.3) is 0 Å². The van der Waals surface area contributed by atoms with Crippen LogP contribution in [0.2, 0.25) is 0 Å². The molecular weight excluding hydrogens is 470 g/mol. The number of hydrogen-bond donors (Lipinski definition) is 1. The summed E-state index contributed by atoms with van der Waals surface area (Å²) >= 11 is 0. The van der Waals surface area contributed by atoms with Gasteiger partial charge >= 0.3 is 6.09 Å². The number of benzene rings is 1. The van der Waals surface area contributed by atoms with Gasteiger partial charge in [-0.05, 0) is 36.1 Å². The largest absolute Gasteiger partial charge is 0.442 e. The van der Waals surface area contributed by atoms with E-state index in [0.717, 1.165) is 24.1 Å². The fourth-order valence-electron chi connectivity index (χ4n) is 4.70. The van der Waals surface area contributed by atoms with Crippen LogP contribution < -0.4 is 10.2 Å². The quantitative estimate of drug-likeness (QED) is 0.336. The third-order valence-electron chi connectivity index (χ3n) is 6.93. The van der Waals surface area contributed by atoms with Crippen molar-refractivity contribution in [1.29, 1.82) is 0 Å². The first kappa shape index (κ1) is 28.7. The van der Waals surface area contributed by atoms with Crippen molar-refractivity contribution in [3.05, 3.63) is 35.9 Å². The molecular formula is C29H43N3O5. The maximum Gasteiger partial charge on any atom is 0.414 e. The highest BCUT2D eigenvalue weighted by Gasteiger charge is 2.32. The molecule has 1 N–H and O–H groups in total. The lowest BCUT2D eigenvalue weighted by molar-refractivity contribution is -0.135. The highest BCUT2D eigenvalue weighted by atomic mass is 16.6. The number of ether oxygens (including phenoxy) is 2. The van der Waals surface area contributed by atoms with Gasteiger partial charge in [-0.3, -0.25) is 14.5 Å². The molecule has 1 aromatic rings. The zero-order valence-electron chi connectivity index (χ0n) is 22.5. The summed E-state index contributed by atoms with van der Waals surface area (Å²) in [7, 11) is 0. The fraction of sp³-hybridized carbons (Fsp3) is 0.621. The summed E-state index contributed by atoms with van der Waals surface area (Å²) in [6.07, 6.45) is 12.2. The Kier molecular flexibility index (Phi) is 11.9. The van der Waals surface area contributed by atoms with Gasteiger partial charge in [-0.1, -0.05) is 70.1 Å². The summed E-state index contributed by atoms with van der Waals surface area (Å²) in [6.45, 7) is 6.46. The molecule has 0 radical (unpaired) electrons. The van der Waals surface area contributed by atoms with E-state index in [4.69, 9.17) is 9.47 Å². The van der Waals surface area contributed by atoms with Crippen molar-refractivity contribution in [3.8, 4) is 0 Å². The van der Waals surface area contributed by atoms with E-state index in [0.29, 0.717) is 32.8 Å². The van der Waals surface area contributed by atoms with Crippen LogP contribution in [0.5, 0.6) is 0 Å². The van der Waals surface area contributed by atoms with Gasteiger partial charge in [-0.25, -0.2) is 4.79 Å². The van der Waals surface area contributed by atoms with Crippen molar-refractivity contribution >= 4 is 29.2 Å². The zero-order valence-corrected chi connectivity index (χ0v) is 22.5. The lowest BCUT2D eigenvalue weighted by atomic mass is 9.99. The predicted molar refractivity (Wildman–Crippen MR) is 145 cm³/mol. The van der Waals surface area contributed by atoms with Gasteiger partial charge in [-0.2, -0.15) is 0 Å². The van der Waals surface area contributed by atoms with Crippen molar-refractivity contribution in [3.63, 3.8) is 0 Å². The van der Waals surface area contributed by atoms with E-state index in [2.05, 4.69) is 18.3 Å². The minimum Gasteiger partial charge on any atom is -0.442 e. The molecule has 2 aliphatic rings. The average molecular weight is 514 g/mol. The maximum atomic E-state index is 12.5. The normalized spacial score (nSPS) is 17.5. The number of cyclic esters (lactones) is 1. The molecule has 1 fully saturated rings. The monoisotopic (exact) mass is 513 g/mol. The van der Waals surface area contributed by atoms with Crippen molar-refractivity contribution in [2.24, 2.45) is 0 Å². The van der Waals surface area contributed by atoms with Gasteiger partial charge in [0, 0.05) is 32.3 Å². The number of hydrogen-bond acceptors (Lipinski definition) is 5. The first-order chi connectivity index (χ1) is 18.0. The van der Waals surface area contributed by atoms with E-state index in [1.807, 2.05) is 29.2 Å².